The maximum absolute atomic E-state index is 12.3. The molecular weight excluding hydrogens is 262 g/mol. The van der Waals surface area contributed by atoms with Gasteiger partial charge in [0, 0.05) is 24.7 Å². The Morgan fingerprint density at radius 2 is 2.10 bits per heavy atom. The third kappa shape index (κ3) is 3.92. The van der Waals surface area contributed by atoms with Crippen molar-refractivity contribution in [2.45, 2.75) is 26.4 Å². The molecule has 1 amide bonds. The van der Waals surface area contributed by atoms with Crippen LogP contribution >= 0.6 is 0 Å². The molecule has 110 valence electrons. The third-order valence-electron chi connectivity index (χ3n) is 2.72. The summed E-state index contributed by atoms with van der Waals surface area (Å²) in [4.78, 5) is 23.8. The average Bonchev–Trinajstić information content (AvgIpc) is 2.33. The average molecular weight is 281 g/mol. The van der Waals surface area contributed by atoms with Gasteiger partial charge in [0.1, 0.15) is 5.69 Å². The van der Waals surface area contributed by atoms with E-state index in [1.165, 1.54) is 23.1 Å². The second kappa shape index (κ2) is 5.87. The van der Waals surface area contributed by atoms with Crippen LogP contribution in [-0.4, -0.2) is 39.5 Å². The quantitative estimate of drug-likeness (QED) is 0.481. The van der Waals surface area contributed by atoms with Crippen LogP contribution in [0.3, 0.4) is 0 Å². The molecule has 0 saturated heterocycles. The summed E-state index contributed by atoms with van der Waals surface area (Å²) in [5.74, 6) is -0.323. The molecule has 1 rings (SSSR count). The highest BCUT2D eigenvalue weighted by Crippen LogP contribution is 2.23. The number of aliphatic hydroxyl groups is 1. The molecule has 3 N–H and O–H groups in total. The number of benzene rings is 1. The van der Waals surface area contributed by atoms with Gasteiger partial charge in [-0.15, -0.1) is 0 Å². The number of nitrogens with zero attached hydrogens (tertiary/aromatic N) is 2. The first-order valence-corrected chi connectivity index (χ1v) is 6.21. The first-order valence-electron chi connectivity index (χ1n) is 6.21. The molecule has 7 heteroatoms. The van der Waals surface area contributed by atoms with E-state index in [9.17, 15) is 20.0 Å². The number of anilines is 1. The number of hydrogen-bond donors (Lipinski definition) is 2. The Kier molecular flexibility index (Phi) is 4.67. The predicted molar refractivity (Wildman–Crippen MR) is 75.4 cm³/mol. The predicted octanol–water partition coefficient (Wildman–Crippen LogP) is 1.41. The molecule has 0 heterocycles. The molecule has 20 heavy (non-hydrogen) atoms. The van der Waals surface area contributed by atoms with Gasteiger partial charge >= 0.3 is 0 Å². The zero-order valence-electron chi connectivity index (χ0n) is 11.8. The fourth-order valence-corrected chi connectivity index (χ4v) is 1.83. The summed E-state index contributed by atoms with van der Waals surface area (Å²) in [5.41, 5.74) is 4.53. The molecule has 0 aliphatic rings. The summed E-state index contributed by atoms with van der Waals surface area (Å²) in [6.07, 6.45) is 0. The van der Waals surface area contributed by atoms with Gasteiger partial charge in [-0.1, -0.05) is 0 Å². The van der Waals surface area contributed by atoms with Crippen LogP contribution in [-0.2, 0) is 0 Å². The van der Waals surface area contributed by atoms with Gasteiger partial charge in [0.15, 0.2) is 0 Å². The van der Waals surface area contributed by atoms with Crippen molar-refractivity contribution in [3.63, 3.8) is 0 Å². The van der Waals surface area contributed by atoms with E-state index in [4.69, 9.17) is 5.73 Å². The zero-order chi connectivity index (χ0) is 15.5. The van der Waals surface area contributed by atoms with Crippen LogP contribution in [0.15, 0.2) is 18.2 Å². The van der Waals surface area contributed by atoms with E-state index < -0.39 is 10.5 Å². The molecule has 7 nitrogen and oxygen atoms in total. The minimum absolute atomic E-state index is 0.0554. The van der Waals surface area contributed by atoms with Crippen molar-refractivity contribution in [1.82, 2.24) is 4.90 Å². The van der Waals surface area contributed by atoms with Gasteiger partial charge in [-0.3, -0.25) is 14.9 Å². The highest BCUT2D eigenvalue weighted by molar-refractivity contribution is 5.95. The van der Waals surface area contributed by atoms with Crippen LogP contribution in [0, 0.1) is 10.1 Å². The van der Waals surface area contributed by atoms with Crippen molar-refractivity contribution in [2.75, 3.05) is 18.8 Å². The molecule has 0 spiro atoms. The second-order valence-corrected chi connectivity index (χ2v) is 5.16. The fourth-order valence-electron chi connectivity index (χ4n) is 1.83. The molecule has 0 atom stereocenters. The molecule has 0 fully saturated rings. The smallest absolute Gasteiger partial charge is 0.292 e. The van der Waals surface area contributed by atoms with E-state index in [0.717, 1.165) is 0 Å². The highest BCUT2D eigenvalue weighted by atomic mass is 16.6. The van der Waals surface area contributed by atoms with Gasteiger partial charge in [0.05, 0.1) is 10.5 Å². The topological polar surface area (TPSA) is 110 Å². The summed E-state index contributed by atoms with van der Waals surface area (Å²) in [6.45, 7) is 5.58. The largest absolute Gasteiger partial charge is 0.393 e. The van der Waals surface area contributed by atoms with E-state index in [-0.39, 0.29) is 29.4 Å². The summed E-state index contributed by atoms with van der Waals surface area (Å²) in [7, 11) is 0. The Labute approximate surface area is 117 Å². The Balaban J connectivity index is 3.02. The standard InChI is InChI=1S/C13H19N3O4/c1-4-15(8-13(2,3)18)12(17)9-5-6-11(16(19)20)10(14)7-9/h5-7,18H,4,8,14H2,1-3H3. The third-order valence-corrected chi connectivity index (χ3v) is 2.72. The lowest BCUT2D eigenvalue weighted by Crippen LogP contribution is -2.42. The molecule has 0 bridgehead atoms. The van der Waals surface area contributed by atoms with Crippen LogP contribution in [0.4, 0.5) is 11.4 Å². The number of carbonyl (C=O) groups is 1. The zero-order valence-corrected chi connectivity index (χ0v) is 11.8. The van der Waals surface area contributed by atoms with Crippen LogP contribution in [0.2, 0.25) is 0 Å². The molecule has 0 saturated carbocycles. The SMILES string of the molecule is CCN(CC(C)(C)O)C(=O)c1ccc([N+](=O)[O-])c(N)c1. The molecule has 0 aliphatic heterocycles. The van der Waals surface area contributed by atoms with Gasteiger partial charge < -0.3 is 15.7 Å². The van der Waals surface area contributed by atoms with Gasteiger partial charge in [0.25, 0.3) is 11.6 Å². The lowest BCUT2D eigenvalue weighted by Gasteiger charge is -2.28. The number of hydrogen-bond acceptors (Lipinski definition) is 5. The van der Waals surface area contributed by atoms with Gasteiger partial charge in [0.2, 0.25) is 0 Å². The van der Waals surface area contributed by atoms with E-state index >= 15 is 0 Å². The lowest BCUT2D eigenvalue weighted by atomic mass is 10.1. The summed E-state index contributed by atoms with van der Waals surface area (Å²) in [5, 5.41) is 20.5. The van der Waals surface area contributed by atoms with E-state index in [1.807, 2.05) is 0 Å². The maximum Gasteiger partial charge on any atom is 0.292 e. The number of nitrogens with two attached hydrogens (primary N) is 1. The second-order valence-electron chi connectivity index (χ2n) is 5.16. The van der Waals surface area contributed by atoms with Crippen molar-refractivity contribution in [1.29, 1.82) is 0 Å². The van der Waals surface area contributed by atoms with Crippen molar-refractivity contribution >= 4 is 17.3 Å². The number of rotatable bonds is 5. The van der Waals surface area contributed by atoms with Gasteiger partial charge in [-0.25, -0.2) is 0 Å². The highest BCUT2D eigenvalue weighted by Gasteiger charge is 2.23. The van der Waals surface area contributed by atoms with E-state index in [1.54, 1.807) is 20.8 Å². The summed E-state index contributed by atoms with van der Waals surface area (Å²) >= 11 is 0. The first kappa shape index (κ1) is 15.9. The Morgan fingerprint density at radius 1 is 1.50 bits per heavy atom. The number of amides is 1. The number of nitro groups is 1. The fraction of sp³-hybridized carbons (Fsp3) is 0.462. The normalized spacial score (nSPS) is 11.2. The number of nitrogen functional groups attached to an aromatic ring is 1. The number of carbonyl (C=O) groups excluding carboxylic acids is 1. The van der Waals surface area contributed by atoms with Crippen molar-refractivity contribution in [2.24, 2.45) is 0 Å². The monoisotopic (exact) mass is 281 g/mol. The minimum atomic E-state index is -1.02. The Bertz CT molecular complexity index is 523. The molecule has 0 aliphatic carbocycles. The minimum Gasteiger partial charge on any atom is -0.393 e. The molecular formula is C13H19N3O4. The van der Waals surface area contributed by atoms with Crippen LogP contribution in [0.25, 0.3) is 0 Å². The van der Waals surface area contributed by atoms with Crippen LogP contribution < -0.4 is 5.73 Å². The lowest BCUT2D eigenvalue weighted by molar-refractivity contribution is -0.383. The Morgan fingerprint density at radius 3 is 2.50 bits per heavy atom. The van der Waals surface area contributed by atoms with Crippen molar-refractivity contribution in [3.05, 3.63) is 33.9 Å². The molecule has 1 aromatic rings. The molecule has 0 radical (unpaired) electrons. The van der Waals surface area contributed by atoms with E-state index in [0.29, 0.717) is 6.54 Å². The summed E-state index contributed by atoms with van der Waals surface area (Å²) < 4.78 is 0. The summed E-state index contributed by atoms with van der Waals surface area (Å²) in [6, 6.07) is 3.86. The molecule has 0 aromatic heterocycles. The number of likely N-dealkylation sites (N-methyl/N-ethyl adjacent to an activating group) is 1. The van der Waals surface area contributed by atoms with Gasteiger partial charge in [-0.2, -0.15) is 0 Å². The van der Waals surface area contributed by atoms with Crippen LogP contribution in [0.1, 0.15) is 31.1 Å². The molecule has 0 unspecified atom stereocenters. The van der Waals surface area contributed by atoms with Gasteiger partial charge in [-0.05, 0) is 32.9 Å². The molecule has 1 aromatic carbocycles. The maximum atomic E-state index is 12.3. The van der Waals surface area contributed by atoms with Crippen molar-refractivity contribution in [3.8, 4) is 0 Å². The van der Waals surface area contributed by atoms with Crippen molar-refractivity contribution < 1.29 is 14.8 Å². The van der Waals surface area contributed by atoms with E-state index in [2.05, 4.69) is 0 Å². The Hall–Kier alpha value is -2.15. The first-order chi connectivity index (χ1) is 9.15. The van der Waals surface area contributed by atoms with Crippen LogP contribution in [0.5, 0.6) is 0 Å². The number of nitro benzene ring substituents is 1.